The third-order valence-corrected chi connectivity index (χ3v) is 3.52. The van der Waals surface area contributed by atoms with E-state index in [1.807, 2.05) is 36.4 Å². The van der Waals surface area contributed by atoms with E-state index < -0.39 is 0 Å². The van der Waals surface area contributed by atoms with E-state index >= 15 is 0 Å². The molecular weight excluding hydrogens is 397 g/mol. The van der Waals surface area contributed by atoms with Crippen LogP contribution in [0.5, 0.6) is 5.75 Å². The monoisotopic (exact) mass is 417 g/mol. The van der Waals surface area contributed by atoms with E-state index in [0.29, 0.717) is 13.2 Å². The molecule has 0 atom stereocenters. The number of hydrogen-bond donors (Lipinski definition) is 2. The number of guanidine groups is 1. The van der Waals surface area contributed by atoms with Crippen LogP contribution in [0.4, 0.5) is 0 Å². The van der Waals surface area contributed by atoms with Crippen molar-refractivity contribution in [2.24, 2.45) is 4.99 Å². The largest absolute Gasteiger partial charge is 0.492 e. The maximum absolute atomic E-state index is 5.61. The highest BCUT2D eigenvalue weighted by Crippen LogP contribution is 2.08. The summed E-state index contributed by atoms with van der Waals surface area (Å²) in [5.41, 5.74) is 0. The number of halogens is 1. The lowest BCUT2D eigenvalue weighted by Gasteiger charge is -2.11. The predicted molar refractivity (Wildman–Crippen MR) is 99.9 cm³/mol. The second-order valence-corrected chi connectivity index (χ2v) is 5.13. The Kier molecular flexibility index (Phi) is 8.84. The molecule has 114 valence electrons. The number of rotatable bonds is 6. The lowest BCUT2D eigenvalue weighted by atomic mass is 10.3. The molecule has 0 unspecified atom stereocenters. The third-order valence-electron chi connectivity index (χ3n) is 2.64. The summed E-state index contributed by atoms with van der Waals surface area (Å²) in [6, 6.07) is 13.9. The van der Waals surface area contributed by atoms with Gasteiger partial charge in [0.15, 0.2) is 5.96 Å². The fourth-order valence-corrected chi connectivity index (χ4v) is 2.30. The quantitative estimate of drug-likeness (QED) is 0.329. The number of thiophene rings is 1. The summed E-state index contributed by atoms with van der Waals surface area (Å²) in [7, 11) is 1.77. The van der Waals surface area contributed by atoms with Crippen LogP contribution in [0.3, 0.4) is 0 Å². The molecule has 21 heavy (non-hydrogen) atoms. The van der Waals surface area contributed by atoms with Crippen molar-refractivity contribution in [2.75, 3.05) is 20.2 Å². The zero-order valence-electron chi connectivity index (χ0n) is 11.9. The summed E-state index contributed by atoms with van der Waals surface area (Å²) >= 11 is 1.73. The van der Waals surface area contributed by atoms with Crippen molar-refractivity contribution in [3.8, 4) is 5.75 Å². The Morgan fingerprint density at radius 2 is 1.95 bits per heavy atom. The molecule has 0 spiro atoms. The molecule has 0 saturated carbocycles. The Balaban J connectivity index is 0.00000220. The summed E-state index contributed by atoms with van der Waals surface area (Å²) in [5.74, 6) is 1.67. The number of para-hydroxylation sites is 1. The standard InChI is InChI=1S/C15H19N3OS.HI/c1-16-15(18-12-14-8-5-11-20-14)17-9-10-19-13-6-3-2-4-7-13;/h2-8,11H,9-10,12H2,1H3,(H2,16,17,18);1H. The molecule has 0 saturated heterocycles. The van der Waals surface area contributed by atoms with Crippen molar-refractivity contribution < 1.29 is 4.74 Å². The fourth-order valence-electron chi connectivity index (χ4n) is 1.66. The molecule has 1 aromatic heterocycles. The highest BCUT2D eigenvalue weighted by molar-refractivity contribution is 14.0. The molecule has 0 aliphatic carbocycles. The maximum Gasteiger partial charge on any atom is 0.191 e. The first-order chi connectivity index (χ1) is 9.88. The molecular formula is C15H20IN3OS. The molecule has 1 heterocycles. The topological polar surface area (TPSA) is 45.7 Å². The molecule has 4 nitrogen and oxygen atoms in total. The number of ether oxygens (including phenoxy) is 1. The normalized spacial score (nSPS) is 10.6. The first-order valence-corrected chi connectivity index (χ1v) is 7.41. The van der Waals surface area contributed by atoms with E-state index in [2.05, 4.69) is 27.1 Å². The van der Waals surface area contributed by atoms with Crippen molar-refractivity contribution in [3.05, 3.63) is 52.7 Å². The zero-order valence-corrected chi connectivity index (χ0v) is 15.1. The maximum atomic E-state index is 5.61. The predicted octanol–water partition coefficient (Wildman–Crippen LogP) is 3.11. The van der Waals surface area contributed by atoms with E-state index in [4.69, 9.17) is 4.74 Å². The summed E-state index contributed by atoms with van der Waals surface area (Å²) in [6.07, 6.45) is 0. The van der Waals surface area contributed by atoms with E-state index in [1.165, 1.54) is 4.88 Å². The van der Waals surface area contributed by atoms with Crippen molar-refractivity contribution in [3.63, 3.8) is 0 Å². The van der Waals surface area contributed by atoms with E-state index in [9.17, 15) is 0 Å². The average Bonchev–Trinajstić information content (AvgIpc) is 3.01. The van der Waals surface area contributed by atoms with Gasteiger partial charge in [-0.2, -0.15) is 0 Å². The van der Waals surface area contributed by atoms with Crippen LogP contribution in [0, 0.1) is 0 Å². The van der Waals surface area contributed by atoms with Gasteiger partial charge in [-0.25, -0.2) is 0 Å². The summed E-state index contributed by atoms with van der Waals surface area (Å²) in [4.78, 5) is 5.46. The van der Waals surface area contributed by atoms with Gasteiger partial charge in [0.1, 0.15) is 12.4 Å². The molecule has 0 aliphatic heterocycles. The van der Waals surface area contributed by atoms with Gasteiger partial charge in [0.2, 0.25) is 0 Å². The Morgan fingerprint density at radius 1 is 1.14 bits per heavy atom. The number of aliphatic imine (C=N–C) groups is 1. The molecule has 0 amide bonds. The van der Waals surface area contributed by atoms with Crippen LogP contribution >= 0.6 is 35.3 Å². The van der Waals surface area contributed by atoms with E-state index in [0.717, 1.165) is 18.3 Å². The number of hydrogen-bond acceptors (Lipinski definition) is 3. The Bertz CT molecular complexity index is 517. The smallest absolute Gasteiger partial charge is 0.191 e. The van der Waals surface area contributed by atoms with Gasteiger partial charge in [-0.05, 0) is 23.6 Å². The molecule has 0 radical (unpaired) electrons. The van der Waals surface area contributed by atoms with Gasteiger partial charge in [0.25, 0.3) is 0 Å². The first kappa shape index (κ1) is 17.8. The van der Waals surface area contributed by atoms with E-state index in [1.54, 1.807) is 18.4 Å². The lowest BCUT2D eigenvalue weighted by Crippen LogP contribution is -2.38. The van der Waals surface area contributed by atoms with Crippen LogP contribution < -0.4 is 15.4 Å². The van der Waals surface area contributed by atoms with Crippen LogP contribution in [0.1, 0.15) is 4.88 Å². The highest BCUT2D eigenvalue weighted by Gasteiger charge is 1.98. The second kappa shape index (κ2) is 10.4. The van der Waals surface area contributed by atoms with E-state index in [-0.39, 0.29) is 24.0 Å². The van der Waals surface area contributed by atoms with Crippen molar-refractivity contribution in [1.82, 2.24) is 10.6 Å². The van der Waals surface area contributed by atoms with Gasteiger partial charge in [-0.15, -0.1) is 35.3 Å². The molecule has 1 aromatic carbocycles. The fraction of sp³-hybridized carbons (Fsp3) is 0.267. The third kappa shape index (κ3) is 6.81. The summed E-state index contributed by atoms with van der Waals surface area (Å²) in [5, 5.41) is 8.56. The number of benzene rings is 1. The van der Waals surface area contributed by atoms with Crippen molar-refractivity contribution in [1.29, 1.82) is 0 Å². The molecule has 2 N–H and O–H groups in total. The first-order valence-electron chi connectivity index (χ1n) is 6.53. The van der Waals surface area contributed by atoms with Gasteiger partial charge in [-0.3, -0.25) is 4.99 Å². The molecule has 2 aromatic rings. The zero-order chi connectivity index (χ0) is 14.0. The molecule has 0 bridgehead atoms. The minimum atomic E-state index is 0. The highest BCUT2D eigenvalue weighted by atomic mass is 127. The van der Waals surface area contributed by atoms with Gasteiger partial charge in [0.05, 0.1) is 13.1 Å². The Morgan fingerprint density at radius 3 is 2.62 bits per heavy atom. The lowest BCUT2D eigenvalue weighted by molar-refractivity contribution is 0.322. The second-order valence-electron chi connectivity index (χ2n) is 4.09. The van der Waals surface area contributed by atoms with Crippen LogP contribution in [0.25, 0.3) is 0 Å². The van der Waals surface area contributed by atoms with Gasteiger partial charge >= 0.3 is 0 Å². The minimum absolute atomic E-state index is 0. The average molecular weight is 417 g/mol. The Labute approximate surface area is 146 Å². The van der Waals surface area contributed by atoms with Gasteiger partial charge in [-0.1, -0.05) is 24.3 Å². The Hall–Kier alpha value is -1.28. The summed E-state index contributed by atoms with van der Waals surface area (Å²) in [6.45, 7) is 2.10. The molecule has 0 aliphatic rings. The van der Waals surface area contributed by atoms with Crippen molar-refractivity contribution in [2.45, 2.75) is 6.54 Å². The molecule has 0 fully saturated rings. The van der Waals surface area contributed by atoms with Crippen molar-refractivity contribution >= 4 is 41.3 Å². The molecule has 2 rings (SSSR count). The van der Waals surface area contributed by atoms with Crippen LogP contribution in [0.15, 0.2) is 52.8 Å². The minimum Gasteiger partial charge on any atom is -0.492 e. The van der Waals surface area contributed by atoms with Gasteiger partial charge in [0, 0.05) is 11.9 Å². The van der Waals surface area contributed by atoms with Crippen LogP contribution in [-0.4, -0.2) is 26.2 Å². The summed E-state index contributed by atoms with van der Waals surface area (Å²) < 4.78 is 5.61. The van der Waals surface area contributed by atoms with Gasteiger partial charge < -0.3 is 15.4 Å². The molecule has 6 heteroatoms. The van der Waals surface area contributed by atoms with Crippen LogP contribution in [-0.2, 0) is 6.54 Å². The number of nitrogens with zero attached hydrogens (tertiary/aromatic N) is 1. The number of nitrogens with one attached hydrogen (secondary N) is 2. The van der Waals surface area contributed by atoms with Crippen LogP contribution in [0.2, 0.25) is 0 Å². The SMILES string of the molecule is CN=C(NCCOc1ccccc1)NCc1cccs1.I.